The minimum absolute atomic E-state index is 0.0926. The van der Waals surface area contributed by atoms with Crippen LogP contribution in [0.2, 0.25) is 5.02 Å². The second-order valence-corrected chi connectivity index (χ2v) is 5.65. The van der Waals surface area contributed by atoms with Crippen molar-refractivity contribution < 1.29 is 14.3 Å². The Bertz CT molecular complexity index is 910. The largest absolute Gasteiger partial charge is 0.465 e. The Morgan fingerprint density at radius 1 is 1.04 bits per heavy atom. The van der Waals surface area contributed by atoms with Gasteiger partial charge in [-0.3, -0.25) is 4.79 Å². The smallest absolute Gasteiger partial charge is 0.337 e. The maximum Gasteiger partial charge on any atom is 0.337 e. The van der Waals surface area contributed by atoms with Gasteiger partial charge in [0.05, 0.1) is 18.4 Å². The molecule has 0 aliphatic heterocycles. The number of methoxy groups -OCH3 is 1. The number of fused-ring (bicyclic) bond motifs is 1. The van der Waals surface area contributed by atoms with Gasteiger partial charge in [0.2, 0.25) is 5.78 Å². The van der Waals surface area contributed by atoms with Crippen LogP contribution in [0.15, 0.2) is 48.7 Å². The van der Waals surface area contributed by atoms with E-state index in [4.69, 9.17) is 16.3 Å². The lowest BCUT2D eigenvalue weighted by Crippen LogP contribution is -2.08. The highest BCUT2D eigenvalue weighted by atomic mass is 35.5. The van der Waals surface area contributed by atoms with Crippen LogP contribution in [0.5, 0.6) is 0 Å². The normalized spacial score (nSPS) is 10.7. The number of hydrogen-bond donors (Lipinski definition) is 0. The van der Waals surface area contributed by atoms with Crippen molar-refractivity contribution in [3.63, 3.8) is 0 Å². The number of aryl methyl sites for hydroxylation is 1. The van der Waals surface area contributed by atoms with Crippen molar-refractivity contribution in [1.29, 1.82) is 0 Å². The van der Waals surface area contributed by atoms with E-state index in [-0.39, 0.29) is 5.78 Å². The second-order valence-electron chi connectivity index (χ2n) is 5.21. The van der Waals surface area contributed by atoms with Crippen LogP contribution in [0.25, 0.3) is 5.52 Å². The van der Waals surface area contributed by atoms with Crippen LogP contribution in [0.3, 0.4) is 0 Å². The molecular weight excluding hydrogens is 314 g/mol. The van der Waals surface area contributed by atoms with Gasteiger partial charge >= 0.3 is 5.97 Å². The number of rotatable bonds is 3. The van der Waals surface area contributed by atoms with Crippen LogP contribution in [0.4, 0.5) is 0 Å². The highest BCUT2D eigenvalue weighted by Gasteiger charge is 2.18. The van der Waals surface area contributed by atoms with E-state index in [9.17, 15) is 9.59 Å². The molecule has 0 saturated heterocycles. The first kappa shape index (κ1) is 15.3. The first-order valence-corrected chi connectivity index (χ1v) is 7.39. The Hall–Kier alpha value is -2.59. The first-order chi connectivity index (χ1) is 11.0. The molecule has 3 rings (SSSR count). The SMILES string of the molecule is COC(=O)c1ccn2c(C(=O)c3ccc(Cl)cc3)c(C)cc2c1. The molecule has 0 fully saturated rings. The molecule has 4 nitrogen and oxygen atoms in total. The Labute approximate surface area is 138 Å². The van der Waals surface area contributed by atoms with E-state index in [0.29, 0.717) is 21.8 Å². The van der Waals surface area contributed by atoms with Crippen LogP contribution in [-0.2, 0) is 4.74 Å². The van der Waals surface area contributed by atoms with Gasteiger partial charge in [-0.2, -0.15) is 0 Å². The maximum absolute atomic E-state index is 12.8. The molecule has 0 amide bonds. The molecule has 0 radical (unpaired) electrons. The molecule has 2 heterocycles. The van der Waals surface area contributed by atoms with Crippen LogP contribution < -0.4 is 0 Å². The van der Waals surface area contributed by atoms with Gasteiger partial charge in [-0.25, -0.2) is 4.79 Å². The van der Waals surface area contributed by atoms with Crippen molar-refractivity contribution in [3.8, 4) is 0 Å². The standard InChI is InChI=1S/C18H14ClNO3/c1-11-9-15-10-13(18(22)23-2)7-8-20(15)16(11)17(21)12-3-5-14(19)6-4-12/h3-10H,1-2H3. The molecule has 0 unspecified atom stereocenters. The number of ketones is 1. The molecular formula is C18H14ClNO3. The zero-order valence-electron chi connectivity index (χ0n) is 12.7. The molecule has 116 valence electrons. The van der Waals surface area contributed by atoms with Crippen molar-refractivity contribution in [1.82, 2.24) is 4.40 Å². The molecule has 0 atom stereocenters. The summed E-state index contributed by atoms with van der Waals surface area (Å²) < 4.78 is 6.50. The third kappa shape index (κ3) is 2.73. The van der Waals surface area contributed by atoms with E-state index in [1.165, 1.54) is 7.11 Å². The number of esters is 1. The monoisotopic (exact) mass is 327 g/mol. The Morgan fingerprint density at radius 2 is 1.74 bits per heavy atom. The van der Waals surface area contributed by atoms with Crippen molar-refractivity contribution in [2.45, 2.75) is 6.92 Å². The van der Waals surface area contributed by atoms with E-state index in [1.54, 1.807) is 47.0 Å². The van der Waals surface area contributed by atoms with Gasteiger partial charge in [-0.15, -0.1) is 0 Å². The summed E-state index contributed by atoms with van der Waals surface area (Å²) in [5.74, 6) is -0.498. The first-order valence-electron chi connectivity index (χ1n) is 7.01. The number of carbonyl (C=O) groups excluding carboxylic acids is 2. The Kier molecular flexibility index (Phi) is 3.92. The lowest BCUT2D eigenvalue weighted by atomic mass is 10.1. The van der Waals surface area contributed by atoms with Gasteiger partial charge < -0.3 is 9.14 Å². The van der Waals surface area contributed by atoms with Gasteiger partial charge in [0.1, 0.15) is 0 Å². The minimum Gasteiger partial charge on any atom is -0.465 e. The molecule has 0 N–H and O–H groups in total. The summed E-state index contributed by atoms with van der Waals surface area (Å²) in [6.45, 7) is 1.87. The second kappa shape index (κ2) is 5.89. The number of halogens is 1. The number of ether oxygens (including phenoxy) is 1. The van der Waals surface area contributed by atoms with Crippen molar-refractivity contribution >= 4 is 28.9 Å². The van der Waals surface area contributed by atoms with E-state index in [2.05, 4.69) is 0 Å². The number of benzene rings is 1. The summed E-state index contributed by atoms with van der Waals surface area (Å²) in [6, 6.07) is 12.0. The van der Waals surface area contributed by atoms with Crippen LogP contribution in [0.1, 0.15) is 32.0 Å². The fraction of sp³-hybridized carbons (Fsp3) is 0.111. The molecule has 0 saturated carbocycles. The van der Waals surface area contributed by atoms with E-state index in [1.807, 2.05) is 13.0 Å². The Balaban J connectivity index is 2.10. The highest BCUT2D eigenvalue weighted by molar-refractivity contribution is 6.30. The number of aromatic nitrogens is 1. The van der Waals surface area contributed by atoms with Crippen molar-refractivity contribution in [2.24, 2.45) is 0 Å². The molecule has 5 heteroatoms. The fourth-order valence-electron chi connectivity index (χ4n) is 2.58. The van der Waals surface area contributed by atoms with Crippen LogP contribution in [0, 0.1) is 6.92 Å². The van der Waals surface area contributed by atoms with Gasteiger partial charge in [-0.1, -0.05) is 11.6 Å². The summed E-state index contributed by atoms with van der Waals surface area (Å²) in [6.07, 6.45) is 1.71. The summed E-state index contributed by atoms with van der Waals surface area (Å²) in [7, 11) is 1.34. The topological polar surface area (TPSA) is 47.8 Å². The number of hydrogen-bond acceptors (Lipinski definition) is 3. The number of pyridine rings is 1. The quantitative estimate of drug-likeness (QED) is 0.541. The van der Waals surface area contributed by atoms with Gasteiger partial charge in [0, 0.05) is 22.3 Å². The van der Waals surface area contributed by atoms with Gasteiger partial charge in [-0.05, 0) is 55.0 Å². The molecule has 1 aromatic carbocycles. The minimum atomic E-state index is -0.406. The van der Waals surface area contributed by atoms with E-state index >= 15 is 0 Å². The summed E-state index contributed by atoms with van der Waals surface area (Å²) in [4.78, 5) is 24.4. The van der Waals surface area contributed by atoms with Gasteiger partial charge in [0.25, 0.3) is 0 Å². The Morgan fingerprint density at radius 3 is 2.39 bits per heavy atom. The molecule has 23 heavy (non-hydrogen) atoms. The highest BCUT2D eigenvalue weighted by Crippen LogP contribution is 2.21. The third-order valence-corrected chi connectivity index (χ3v) is 3.96. The third-order valence-electron chi connectivity index (χ3n) is 3.71. The molecule has 0 aliphatic rings. The predicted octanol–water partition coefficient (Wildman–Crippen LogP) is 3.92. The molecule has 0 bridgehead atoms. The summed E-state index contributed by atoms with van der Waals surface area (Å²) in [5, 5.41) is 0.584. The number of nitrogens with zero attached hydrogens (tertiary/aromatic N) is 1. The van der Waals surface area contributed by atoms with E-state index in [0.717, 1.165) is 11.1 Å². The van der Waals surface area contributed by atoms with Gasteiger partial charge in [0.15, 0.2) is 0 Å². The zero-order chi connectivity index (χ0) is 16.6. The van der Waals surface area contributed by atoms with Crippen LogP contribution in [-0.4, -0.2) is 23.3 Å². The van der Waals surface area contributed by atoms with Crippen molar-refractivity contribution in [2.75, 3.05) is 7.11 Å². The molecule has 0 aliphatic carbocycles. The maximum atomic E-state index is 12.8. The molecule has 0 spiro atoms. The lowest BCUT2D eigenvalue weighted by Gasteiger charge is -2.06. The van der Waals surface area contributed by atoms with Crippen LogP contribution >= 0.6 is 11.6 Å². The summed E-state index contributed by atoms with van der Waals surface area (Å²) in [5.41, 5.74) is 3.19. The van der Waals surface area contributed by atoms with Crippen molar-refractivity contribution in [3.05, 3.63) is 76.1 Å². The lowest BCUT2D eigenvalue weighted by molar-refractivity contribution is 0.0600. The fourth-order valence-corrected chi connectivity index (χ4v) is 2.71. The zero-order valence-corrected chi connectivity index (χ0v) is 13.4. The number of carbonyl (C=O) groups is 2. The molecule has 3 aromatic rings. The average molecular weight is 328 g/mol. The average Bonchev–Trinajstić information content (AvgIpc) is 2.89. The molecule has 2 aromatic heterocycles. The predicted molar refractivity (Wildman–Crippen MR) is 88.4 cm³/mol. The summed E-state index contributed by atoms with van der Waals surface area (Å²) >= 11 is 5.87. The van der Waals surface area contributed by atoms with E-state index < -0.39 is 5.97 Å².